The number of phenolic OH excluding ortho intramolecular Hbond substituents is 2. The van der Waals surface area contributed by atoms with Crippen LogP contribution in [0.15, 0.2) is 42.7 Å². The number of benzene rings is 2. The van der Waals surface area contributed by atoms with E-state index in [0.717, 1.165) is 43.6 Å². The van der Waals surface area contributed by atoms with Crippen LogP contribution in [-0.2, 0) is 29.2 Å². The van der Waals surface area contributed by atoms with Crippen molar-refractivity contribution in [1.29, 1.82) is 0 Å². The van der Waals surface area contributed by atoms with E-state index >= 15 is 0 Å². The van der Waals surface area contributed by atoms with Crippen LogP contribution in [0.3, 0.4) is 0 Å². The lowest BCUT2D eigenvalue weighted by Crippen LogP contribution is -2.52. The van der Waals surface area contributed by atoms with Crippen LogP contribution in [0.1, 0.15) is 65.2 Å². The Morgan fingerprint density at radius 3 is 2.14 bits per heavy atom. The molecule has 8 rings (SSSR count). The fraction of sp³-hybridized carbons (Fsp3) is 0.475. The lowest BCUT2D eigenvalue weighted by Gasteiger charge is -2.38. The Morgan fingerprint density at radius 2 is 1.46 bits per heavy atom. The Balaban J connectivity index is 0.843. The summed E-state index contributed by atoms with van der Waals surface area (Å²) in [7, 11) is 0. The molecule has 3 saturated heterocycles. The standard InChI is InChI=1S/C40H49N11O5/c1-25(2)31-18-32(34(53)19-33(31)52)37(55)51-23-28-4-3-26(17-29(28)24-51)22-47-7-5-27(6-8-47)36(54)48-9-11-49(12-10-48)39-44-35(30-20-42-38(41)43-21-30)45-40(46-39)50-13-15-56-16-14-50/h3-4,17-21,25,27,52-53H,5-16,22-24H2,1-2H3,(H2,41,42,43). The maximum atomic E-state index is 13.7. The van der Waals surface area contributed by atoms with Crippen molar-refractivity contribution in [3.05, 3.63) is 70.5 Å². The van der Waals surface area contributed by atoms with E-state index in [4.69, 9.17) is 25.4 Å². The summed E-state index contributed by atoms with van der Waals surface area (Å²) >= 11 is 0. The van der Waals surface area contributed by atoms with Gasteiger partial charge in [0.15, 0.2) is 5.82 Å². The molecule has 2 aromatic carbocycles. The number of amides is 2. The van der Waals surface area contributed by atoms with Crippen molar-refractivity contribution < 1.29 is 24.5 Å². The number of hydrogen-bond donors (Lipinski definition) is 3. The highest BCUT2D eigenvalue weighted by molar-refractivity contribution is 5.97. The minimum Gasteiger partial charge on any atom is -0.508 e. The molecular formula is C40H49N11O5. The van der Waals surface area contributed by atoms with Gasteiger partial charge in [-0.3, -0.25) is 14.5 Å². The Hall–Kier alpha value is -5.61. The number of nitrogens with two attached hydrogens (primary N) is 1. The Labute approximate surface area is 326 Å². The third kappa shape index (κ3) is 7.89. The van der Waals surface area contributed by atoms with Crippen LogP contribution in [0.25, 0.3) is 11.4 Å². The zero-order chi connectivity index (χ0) is 38.9. The van der Waals surface area contributed by atoms with Gasteiger partial charge < -0.3 is 40.3 Å². The van der Waals surface area contributed by atoms with Crippen LogP contribution in [-0.4, -0.2) is 127 Å². The van der Waals surface area contributed by atoms with Gasteiger partial charge in [0.1, 0.15) is 11.5 Å². The molecule has 3 fully saturated rings. The zero-order valence-corrected chi connectivity index (χ0v) is 32.0. The van der Waals surface area contributed by atoms with E-state index in [9.17, 15) is 19.8 Å². The summed E-state index contributed by atoms with van der Waals surface area (Å²) in [5, 5.41) is 20.7. The van der Waals surface area contributed by atoms with Crippen LogP contribution >= 0.6 is 0 Å². The predicted molar refractivity (Wildman–Crippen MR) is 209 cm³/mol. The number of aromatic nitrogens is 5. The third-order valence-corrected chi connectivity index (χ3v) is 11.3. The molecule has 6 heterocycles. The Morgan fingerprint density at radius 1 is 0.804 bits per heavy atom. The maximum Gasteiger partial charge on any atom is 0.258 e. The highest BCUT2D eigenvalue weighted by atomic mass is 16.5. The number of likely N-dealkylation sites (tertiary alicyclic amines) is 1. The number of nitrogens with zero attached hydrogens (tertiary/aromatic N) is 10. The van der Waals surface area contributed by atoms with E-state index in [1.54, 1.807) is 23.4 Å². The SMILES string of the molecule is CC(C)c1cc(C(=O)N2Cc3ccc(CN4CCC(C(=O)N5CCN(c6nc(-c7cnc(N)nc7)nc(N7CCOCC7)n6)CC5)CC4)cc3C2)c(O)cc1O. The number of fused-ring (bicyclic) bond motifs is 1. The Bertz CT molecular complexity index is 2080. The van der Waals surface area contributed by atoms with Crippen molar-refractivity contribution in [2.75, 3.05) is 81.1 Å². The molecule has 0 bridgehead atoms. The molecule has 294 valence electrons. The first-order chi connectivity index (χ1) is 27.1. The molecule has 56 heavy (non-hydrogen) atoms. The van der Waals surface area contributed by atoms with Gasteiger partial charge in [-0.1, -0.05) is 32.0 Å². The molecule has 0 unspecified atom stereocenters. The Kier molecular flexibility index (Phi) is 10.6. The van der Waals surface area contributed by atoms with Gasteiger partial charge in [-0.25, -0.2) is 9.97 Å². The minimum absolute atomic E-state index is 0.00682. The fourth-order valence-electron chi connectivity index (χ4n) is 8.05. The predicted octanol–water partition coefficient (Wildman–Crippen LogP) is 3.00. The molecule has 4 N–H and O–H groups in total. The van der Waals surface area contributed by atoms with Crippen molar-refractivity contribution in [1.82, 2.24) is 39.6 Å². The van der Waals surface area contributed by atoms with Gasteiger partial charge >= 0.3 is 0 Å². The summed E-state index contributed by atoms with van der Waals surface area (Å²) in [6, 6.07) is 9.27. The zero-order valence-electron chi connectivity index (χ0n) is 32.0. The van der Waals surface area contributed by atoms with Crippen LogP contribution in [0.2, 0.25) is 0 Å². The molecule has 4 aliphatic heterocycles. The van der Waals surface area contributed by atoms with Gasteiger partial charge in [0, 0.05) is 83.3 Å². The highest BCUT2D eigenvalue weighted by Gasteiger charge is 2.32. The molecule has 2 amide bonds. The molecule has 4 aliphatic rings. The number of piperazine rings is 1. The highest BCUT2D eigenvalue weighted by Crippen LogP contribution is 2.35. The second-order valence-electron chi connectivity index (χ2n) is 15.4. The van der Waals surface area contributed by atoms with Gasteiger partial charge in [-0.2, -0.15) is 15.0 Å². The van der Waals surface area contributed by atoms with Gasteiger partial charge in [0.25, 0.3) is 5.91 Å². The first-order valence-corrected chi connectivity index (χ1v) is 19.5. The lowest BCUT2D eigenvalue weighted by atomic mass is 9.94. The van der Waals surface area contributed by atoms with E-state index in [2.05, 4.69) is 42.9 Å². The summed E-state index contributed by atoms with van der Waals surface area (Å²) in [5.74, 6) is 1.56. The van der Waals surface area contributed by atoms with Crippen molar-refractivity contribution in [3.63, 3.8) is 0 Å². The van der Waals surface area contributed by atoms with E-state index in [1.807, 2.05) is 18.7 Å². The van der Waals surface area contributed by atoms with Crippen LogP contribution in [0.4, 0.5) is 17.8 Å². The summed E-state index contributed by atoms with van der Waals surface area (Å²) in [6.07, 6.45) is 4.85. The second kappa shape index (κ2) is 15.9. The summed E-state index contributed by atoms with van der Waals surface area (Å²) in [6.45, 7) is 12.3. The van der Waals surface area contributed by atoms with Crippen molar-refractivity contribution >= 4 is 29.7 Å². The molecule has 2 aromatic heterocycles. The number of hydrogen-bond acceptors (Lipinski definition) is 14. The molecule has 0 atom stereocenters. The number of piperidine rings is 1. The van der Waals surface area contributed by atoms with Gasteiger partial charge in [0.05, 0.1) is 24.3 Å². The third-order valence-electron chi connectivity index (χ3n) is 11.3. The first kappa shape index (κ1) is 37.3. The number of carbonyl (C=O) groups is 2. The number of morpholine rings is 1. The number of carbonyl (C=O) groups excluding carboxylic acids is 2. The fourth-order valence-corrected chi connectivity index (χ4v) is 8.05. The van der Waals surface area contributed by atoms with E-state index in [1.165, 1.54) is 11.6 Å². The molecule has 16 heteroatoms. The smallest absolute Gasteiger partial charge is 0.258 e. The number of aromatic hydroxyl groups is 2. The van der Waals surface area contributed by atoms with Gasteiger partial charge in [-0.05, 0) is 60.2 Å². The minimum atomic E-state index is -0.252. The van der Waals surface area contributed by atoms with Gasteiger partial charge in [0.2, 0.25) is 23.8 Å². The van der Waals surface area contributed by atoms with E-state index < -0.39 is 0 Å². The number of phenols is 2. The molecule has 16 nitrogen and oxygen atoms in total. The lowest BCUT2D eigenvalue weighted by molar-refractivity contribution is -0.137. The number of rotatable bonds is 8. The van der Waals surface area contributed by atoms with E-state index in [0.29, 0.717) is 94.4 Å². The maximum absolute atomic E-state index is 13.7. The first-order valence-electron chi connectivity index (χ1n) is 19.5. The molecule has 4 aromatic rings. The summed E-state index contributed by atoms with van der Waals surface area (Å²) < 4.78 is 5.54. The quantitative estimate of drug-likeness (QED) is 0.237. The van der Waals surface area contributed by atoms with Crippen LogP contribution in [0, 0.1) is 5.92 Å². The van der Waals surface area contributed by atoms with Crippen LogP contribution < -0.4 is 15.5 Å². The topological polar surface area (TPSA) is 190 Å². The average Bonchev–Trinajstić information content (AvgIpc) is 3.65. The normalized spacial score (nSPS) is 18.1. The van der Waals surface area contributed by atoms with Crippen LogP contribution in [0.5, 0.6) is 11.5 Å². The average molecular weight is 764 g/mol. The summed E-state index contributed by atoms with van der Waals surface area (Å²) in [4.78, 5) is 60.2. The molecule has 0 radical (unpaired) electrons. The molecule has 0 saturated carbocycles. The monoisotopic (exact) mass is 763 g/mol. The van der Waals surface area contributed by atoms with Crippen molar-refractivity contribution in [3.8, 4) is 22.9 Å². The number of anilines is 3. The van der Waals surface area contributed by atoms with E-state index in [-0.39, 0.29) is 46.7 Å². The number of nitrogen functional groups attached to an aromatic ring is 1. The second-order valence-corrected chi connectivity index (χ2v) is 15.4. The molecular weight excluding hydrogens is 715 g/mol. The summed E-state index contributed by atoms with van der Waals surface area (Å²) in [5.41, 5.74) is 10.6. The van der Waals surface area contributed by atoms with Crippen molar-refractivity contribution in [2.24, 2.45) is 5.92 Å². The molecule has 0 spiro atoms. The molecule has 0 aliphatic carbocycles. The van der Waals surface area contributed by atoms with Gasteiger partial charge in [-0.15, -0.1) is 0 Å². The number of ether oxygens (including phenoxy) is 1. The largest absolute Gasteiger partial charge is 0.508 e. The van der Waals surface area contributed by atoms with Crippen molar-refractivity contribution in [2.45, 2.75) is 52.2 Å².